The zero-order valence-corrected chi connectivity index (χ0v) is 13.0. The SMILES string of the molecule is CC.Cc1ccccc1-c1cnn(Cc2ccccc2)c1. The summed E-state index contributed by atoms with van der Waals surface area (Å²) in [6.45, 7) is 6.94. The van der Waals surface area contributed by atoms with Gasteiger partial charge in [0.05, 0.1) is 12.7 Å². The molecular formula is C19H22N2. The lowest BCUT2D eigenvalue weighted by atomic mass is 10.0. The van der Waals surface area contributed by atoms with E-state index in [0.29, 0.717) is 0 Å². The quantitative estimate of drug-likeness (QED) is 0.664. The highest BCUT2D eigenvalue weighted by Gasteiger charge is 2.04. The molecule has 21 heavy (non-hydrogen) atoms. The van der Waals surface area contributed by atoms with Gasteiger partial charge in [0.15, 0.2) is 0 Å². The van der Waals surface area contributed by atoms with Crippen molar-refractivity contribution in [3.05, 3.63) is 78.1 Å². The predicted octanol–water partition coefficient (Wildman–Crippen LogP) is 4.93. The van der Waals surface area contributed by atoms with E-state index >= 15 is 0 Å². The van der Waals surface area contributed by atoms with E-state index in [1.54, 1.807) is 0 Å². The third kappa shape index (κ3) is 3.82. The van der Waals surface area contributed by atoms with Gasteiger partial charge < -0.3 is 0 Å². The summed E-state index contributed by atoms with van der Waals surface area (Å²) in [6, 6.07) is 18.8. The van der Waals surface area contributed by atoms with E-state index in [-0.39, 0.29) is 0 Å². The highest BCUT2D eigenvalue weighted by molar-refractivity contribution is 5.65. The molecule has 2 heteroatoms. The maximum atomic E-state index is 4.45. The molecule has 0 bridgehead atoms. The molecule has 0 amide bonds. The van der Waals surface area contributed by atoms with E-state index in [4.69, 9.17) is 0 Å². The molecule has 1 heterocycles. The summed E-state index contributed by atoms with van der Waals surface area (Å²) in [4.78, 5) is 0. The van der Waals surface area contributed by atoms with Gasteiger partial charge in [-0.3, -0.25) is 4.68 Å². The first-order valence-electron chi connectivity index (χ1n) is 7.45. The van der Waals surface area contributed by atoms with Crippen molar-refractivity contribution >= 4 is 0 Å². The third-order valence-corrected chi connectivity index (χ3v) is 3.28. The summed E-state index contributed by atoms with van der Waals surface area (Å²) in [5.41, 5.74) is 4.97. The fourth-order valence-electron chi connectivity index (χ4n) is 2.26. The van der Waals surface area contributed by atoms with Crippen LogP contribution in [0.5, 0.6) is 0 Å². The van der Waals surface area contributed by atoms with Gasteiger partial charge in [-0.05, 0) is 23.6 Å². The lowest BCUT2D eigenvalue weighted by Gasteiger charge is -2.02. The molecule has 0 N–H and O–H groups in total. The first-order valence-corrected chi connectivity index (χ1v) is 7.45. The number of hydrogen-bond acceptors (Lipinski definition) is 1. The van der Waals surface area contributed by atoms with Gasteiger partial charge in [-0.2, -0.15) is 5.10 Å². The highest BCUT2D eigenvalue weighted by atomic mass is 15.3. The maximum absolute atomic E-state index is 4.45. The van der Waals surface area contributed by atoms with Crippen LogP contribution >= 0.6 is 0 Å². The van der Waals surface area contributed by atoms with Gasteiger partial charge in [-0.15, -0.1) is 0 Å². The predicted molar refractivity (Wildman–Crippen MR) is 89.3 cm³/mol. The number of rotatable bonds is 3. The Kier molecular flexibility index (Phi) is 5.33. The van der Waals surface area contributed by atoms with Crippen LogP contribution in [-0.4, -0.2) is 9.78 Å². The third-order valence-electron chi connectivity index (χ3n) is 3.28. The van der Waals surface area contributed by atoms with Gasteiger partial charge in [-0.25, -0.2) is 0 Å². The van der Waals surface area contributed by atoms with Crippen LogP contribution in [-0.2, 0) is 6.54 Å². The van der Waals surface area contributed by atoms with E-state index in [1.807, 2.05) is 30.8 Å². The minimum absolute atomic E-state index is 0.812. The molecule has 0 fully saturated rings. The van der Waals surface area contributed by atoms with Crippen molar-refractivity contribution < 1.29 is 0 Å². The molecule has 0 spiro atoms. The second kappa shape index (κ2) is 7.44. The normalized spacial score (nSPS) is 9.86. The van der Waals surface area contributed by atoms with Gasteiger partial charge in [0.2, 0.25) is 0 Å². The van der Waals surface area contributed by atoms with Crippen molar-refractivity contribution in [3.63, 3.8) is 0 Å². The molecule has 0 saturated carbocycles. The molecule has 0 aliphatic rings. The monoisotopic (exact) mass is 278 g/mol. The van der Waals surface area contributed by atoms with Gasteiger partial charge in [0, 0.05) is 11.8 Å². The van der Waals surface area contributed by atoms with Gasteiger partial charge in [0.25, 0.3) is 0 Å². The average Bonchev–Trinajstić information content (AvgIpc) is 2.99. The number of hydrogen-bond donors (Lipinski definition) is 0. The highest BCUT2D eigenvalue weighted by Crippen LogP contribution is 2.22. The van der Waals surface area contributed by atoms with Gasteiger partial charge in [-0.1, -0.05) is 68.4 Å². The van der Waals surface area contributed by atoms with E-state index in [9.17, 15) is 0 Å². The summed E-state index contributed by atoms with van der Waals surface area (Å²) in [6.07, 6.45) is 4.04. The fourth-order valence-corrected chi connectivity index (χ4v) is 2.26. The molecule has 0 unspecified atom stereocenters. The smallest absolute Gasteiger partial charge is 0.0659 e. The molecule has 2 nitrogen and oxygen atoms in total. The standard InChI is InChI=1S/C17H16N2.C2H6/c1-14-7-5-6-10-17(14)16-11-18-19(13-16)12-15-8-3-2-4-9-15;1-2/h2-11,13H,12H2,1H3;1-2H3. The molecule has 2 aromatic carbocycles. The lowest BCUT2D eigenvalue weighted by Crippen LogP contribution is -1.99. The molecule has 0 aliphatic heterocycles. The lowest BCUT2D eigenvalue weighted by molar-refractivity contribution is 0.687. The van der Waals surface area contributed by atoms with Crippen molar-refractivity contribution in [2.24, 2.45) is 0 Å². The van der Waals surface area contributed by atoms with Crippen molar-refractivity contribution in [3.8, 4) is 11.1 Å². The Morgan fingerprint density at radius 3 is 2.29 bits per heavy atom. The maximum Gasteiger partial charge on any atom is 0.0659 e. The molecular weight excluding hydrogens is 256 g/mol. The Hall–Kier alpha value is -2.35. The Morgan fingerprint density at radius 2 is 1.57 bits per heavy atom. The number of aryl methyl sites for hydroxylation is 1. The molecule has 108 valence electrons. The molecule has 0 atom stereocenters. The van der Waals surface area contributed by atoms with Crippen molar-refractivity contribution in [1.82, 2.24) is 9.78 Å². The van der Waals surface area contributed by atoms with Crippen LogP contribution < -0.4 is 0 Å². The molecule has 0 saturated heterocycles. The summed E-state index contributed by atoms with van der Waals surface area (Å²) in [5.74, 6) is 0. The zero-order valence-electron chi connectivity index (χ0n) is 13.0. The Labute approximate surface area is 127 Å². The zero-order chi connectivity index (χ0) is 15.1. The van der Waals surface area contributed by atoms with Crippen LogP contribution in [0.3, 0.4) is 0 Å². The minimum atomic E-state index is 0.812. The first-order chi connectivity index (χ1) is 10.3. The summed E-state index contributed by atoms with van der Waals surface area (Å²) in [7, 11) is 0. The van der Waals surface area contributed by atoms with Crippen molar-refractivity contribution in [2.75, 3.05) is 0 Å². The Balaban J connectivity index is 0.000000774. The topological polar surface area (TPSA) is 17.8 Å². The second-order valence-corrected chi connectivity index (χ2v) is 4.73. The van der Waals surface area contributed by atoms with E-state index in [0.717, 1.165) is 6.54 Å². The molecule has 1 aromatic heterocycles. The van der Waals surface area contributed by atoms with Crippen molar-refractivity contribution in [2.45, 2.75) is 27.3 Å². The number of nitrogens with zero attached hydrogens (tertiary/aromatic N) is 2. The summed E-state index contributed by atoms with van der Waals surface area (Å²) >= 11 is 0. The molecule has 3 rings (SSSR count). The van der Waals surface area contributed by atoms with E-state index in [2.05, 4.69) is 66.8 Å². The number of benzene rings is 2. The molecule has 0 radical (unpaired) electrons. The average molecular weight is 278 g/mol. The second-order valence-electron chi connectivity index (χ2n) is 4.73. The van der Waals surface area contributed by atoms with Crippen LogP contribution in [0.1, 0.15) is 25.0 Å². The van der Waals surface area contributed by atoms with Crippen molar-refractivity contribution in [1.29, 1.82) is 0 Å². The summed E-state index contributed by atoms with van der Waals surface area (Å²) in [5, 5.41) is 4.45. The Morgan fingerprint density at radius 1 is 0.905 bits per heavy atom. The molecule has 3 aromatic rings. The number of aromatic nitrogens is 2. The van der Waals surface area contributed by atoms with Gasteiger partial charge in [0.1, 0.15) is 0 Å². The minimum Gasteiger partial charge on any atom is -0.268 e. The molecule has 0 aliphatic carbocycles. The summed E-state index contributed by atoms with van der Waals surface area (Å²) < 4.78 is 1.98. The van der Waals surface area contributed by atoms with Gasteiger partial charge >= 0.3 is 0 Å². The van der Waals surface area contributed by atoms with E-state index < -0.39 is 0 Å². The van der Waals surface area contributed by atoms with Crippen LogP contribution in [0.25, 0.3) is 11.1 Å². The van der Waals surface area contributed by atoms with Crippen LogP contribution in [0, 0.1) is 6.92 Å². The first kappa shape index (κ1) is 15.0. The van der Waals surface area contributed by atoms with Crippen LogP contribution in [0.4, 0.5) is 0 Å². The van der Waals surface area contributed by atoms with Crippen LogP contribution in [0.2, 0.25) is 0 Å². The largest absolute Gasteiger partial charge is 0.268 e. The fraction of sp³-hybridized carbons (Fsp3) is 0.211. The Bertz CT molecular complexity index is 669. The van der Waals surface area contributed by atoms with Crippen LogP contribution in [0.15, 0.2) is 67.0 Å². The van der Waals surface area contributed by atoms with E-state index in [1.165, 1.54) is 22.3 Å².